The first kappa shape index (κ1) is 43.2. The van der Waals surface area contributed by atoms with E-state index < -0.39 is 43.0 Å². The van der Waals surface area contributed by atoms with Crippen molar-refractivity contribution in [1.29, 1.82) is 0 Å². The average molecular weight is 925 g/mol. The van der Waals surface area contributed by atoms with E-state index in [0.29, 0.717) is 22.3 Å². The number of nitro benzene ring substituents is 2. The number of nitrogens with zero attached hydrogens (tertiary/aromatic N) is 8. The van der Waals surface area contributed by atoms with Crippen LogP contribution in [0.2, 0.25) is 0 Å². The Morgan fingerprint density at radius 2 is 0.848 bits per heavy atom. The van der Waals surface area contributed by atoms with Gasteiger partial charge in [0.05, 0.1) is 55.2 Å². The molecule has 0 spiro atoms. The molecule has 0 radical (unpaired) electrons. The fourth-order valence-corrected chi connectivity index (χ4v) is 10.5. The molecule has 0 amide bonds. The van der Waals surface area contributed by atoms with Gasteiger partial charge in [0, 0.05) is 35.4 Å². The summed E-state index contributed by atoms with van der Waals surface area (Å²) in [5.41, 5.74) is 3.41. The largest absolute Gasteiger partial charge is 0.416 e. The first-order valence-electron chi connectivity index (χ1n) is 20.1. The number of hydrogen-bond acceptors (Lipinski definition) is 14. The van der Waals surface area contributed by atoms with E-state index in [2.05, 4.69) is 20.4 Å². The lowest BCUT2D eigenvalue weighted by atomic mass is 10.0. The lowest BCUT2D eigenvalue weighted by Crippen LogP contribution is -2.31. The highest BCUT2D eigenvalue weighted by molar-refractivity contribution is 7.93. The normalized spacial score (nSPS) is 12.8. The summed E-state index contributed by atoms with van der Waals surface area (Å²) in [4.78, 5) is 23.1. The van der Waals surface area contributed by atoms with E-state index in [1.54, 1.807) is 74.5 Å². The van der Waals surface area contributed by atoms with Gasteiger partial charge in [0.2, 0.25) is 23.6 Å². The molecule has 0 N–H and O–H groups in total. The number of benzene rings is 6. The van der Waals surface area contributed by atoms with Crippen LogP contribution in [0.3, 0.4) is 0 Å². The topological polar surface area (TPSA) is 239 Å². The Morgan fingerprint density at radius 3 is 1.23 bits per heavy atom. The number of sulfonamides is 2. The van der Waals surface area contributed by atoms with Crippen molar-refractivity contribution in [2.45, 2.75) is 50.6 Å². The maximum absolute atomic E-state index is 14.9. The molecule has 0 atom stereocenters. The van der Waals surface area contributed by atoms with Gasteiger partial charge in [0.1, 0.15) is 0 Å². The number of aromatic nitrogens is 4. The van der Waals surface area contributed by atoms with Crippen LogP contribution in [-0.2, 0) is 33.1 Å². The predicted octanol–water partition coefficient (Wildman–Crippen LogP) is 9.28. The summed E-state index contributed by atoms with van der Waals surface area (Å²) < 4.78 is 74.2. The van der Waals surface area contributed by atoms with Crippen molar-refractivity contribution in [3.05, 3.63) is 175 Å². The van der Waals surface area contributed by atoms with Crippen molar-refractivity contribution in [2.24, 2.45) is 0 Å². The van der Waals surface area contributed by atoms with Crippen LogP contribution in [0.5, 0.6) is 0 Å². The second-order valence-corrected chi connectivity index (χ2v) is 19.4. The van der Waals surface area contributed by atoms with Crippen molar-refractivity contribution in [1.82, 2.24) is 20.4 Å². The molecule has 8 aromatic rings. The molecular formula is C46H36N8O10S2. The number of hydrogen-bond donors (Lipinski definition) is 0. The van der Waals surface area contributed by atoms with Gasteiger partial charge in [-0.05, 0) is 111 Å². The maximum atomic E-state index is 14.9. The van der Waals surface area contributed by atoms with E-state index in [4.69, 9.17) is 8.83 Å². The highest BCUT2D eigenvalue weighted by atomic mass is 32.2. The van der Waals surface area contributed by atoms with Gasteiger partial charge < -0.3 is 8.83 Å². The molecule has 0 fully saturated rings. The van der Waals surface area contributed by atoms with Gasteiger partial charge >= 0.3 is 0 Å². The number of anilines is 2. The maximum Gasteiger partial charge on any atom is 0.270 e. The highest BCUT2D eigenvalue weighted by Gasteiger charge is 2.32. The lowest BCUT2D eigenvalue weighted by molar-refractivity contribution is -0.385. The fraction of sp³-hybridized carbons (Fsp3) is 0.130. The van der Waals surface area contributed by atoms with Gasteiger partial charge in [-0.2, -0.15) is 0 Å². The van der Waals surface area contributed by atoms with Gasteiger partial charge in [-0.25, -0.2) is 16.8 Å². The van der Waals surface area contributed by atoms with Crippen LogP contribution in [0.1, 0.15) is 33.4 Å². The molecule has 0 saturated carbocycles. The minimum absolute atomic E-state index is 0.0141. The zero-order chi connectivity index (χ0) is 46.7. The molecule has 0 saturated heterocycles. The van der Waals surface area contributed by atoms with E-state index in [0.717, 1.165) is 19.7 Å². The van der Waals surface area contributed by atoms with Crippen LogP contribution in [0.15, 0.2) is 140 Å². The van der Waals surface area contributed by atoms with Crippen LogP contribution in [0.25, 0.3) is 45.8 Å². The second kappa shape index (κ2) is 16.5. The zero-order valence-corrected chi connectivity index (χ0v) is 37.1. The third-order valence-electron chi connectivity index (χ3n) is 11.2. The fourth-order valence-electron chi connectivity index (χ4n) is 7.53. The van der Waals surface area contributed by atoms with E-state index in [1.807, 2.05) is 13.8 Å². The Balaban J connectivity index is 1.33. The van der Waals surface area contributed by atoms with Crippen LogP contribution in [0.4, 0.5) is 22.7 Å². The quantitative estimate of drug-likeness (QED) is 0.112. The summed E-state index contributed by atoms with van der Waals surface area (Å²) in [6, 6.07) is 30.0. The smallest absolute Gasteiger partial charge is 0.270 e. The molecule has 2 aromatic heterocycles. The van der Waals surface area contributed by atoms with Gasteiger partial charge in [-0.15, -0.1) is 20.4 Å². The lowest BCUT2D eigenvalue weighted by Gasteiger charge is -2.27. The highest BCUT2D eigenvalue weighted by Crippen LogP contribution is 2.40. The molecule has 6 aromatic carbocycles. The van der Waals surface area contributed by atoms with Crippen molar-refractivity contribution in [3.63, 3.8) is 0 Å². The summed E-state index contributed by atoms with van der Waals surface area (Å²) in [5.74, 6) is -0.548. The van der Waals surface area contributed by atoms with Crippen LogP contribution >= 0.6 is 0 Å². The number of fused-ring (bicyclic) bond motifs is 14. The predicted molar refractivity (Wildman–Crippen MR) is 242 cm³/mol. The number of non-ortho nitro benzene ring substituents is 2. The molecule has 3 heterocycles. The Labute approximate surface area is 377 Å². The van der Waals surface area contributed by atoms with Crippen molar-refractivity contribution < 1.29 is 35.5 Å². The summed E-state index contributed by atoms with van der Waals surface area (Å²) in [6.45, 7) is 6.25. The molecule has 20 heteroatoms. The van der Waals surface area contributed by atoms with Crippen LogP contribution < -0.4 is 8.61 Å². The van der Waals surface area contributed by atoms with Gasteiger partial charge in [-0.1, -0.05) is 47.5 Å². The summed E-state index contributed by atoms with van der Waals surface area (Å²) in [5, 5.41) is 41.6. The summed E-state index contributed by atoms with van der Waals surface area (Å²) in [7, 11) is -8.80. The molecular weight excluding hydrogens is 889 g/mol. The van der Waals surface area contributed by atoms with E-state index in [-0.39, 0.29) is 78.4 Å². The first-order valence-corrected chi connectivity index (χ1v) is 23.0. The van der Waals surface area contributed by atoms with E-state index >= 15 is 0 Å². The van der Waals surface area contributed by atoms with Gasteiger partial charge in [-0.3, -0.25) is 28.8 Å². The van der Waals surface area contributed by atoms with Crippen molar-refractivity contribution >= 4 is 42.8 Å². The number of rotatable bonds is 6. The molecule has 332 valence electrons. The monoisotopic (exact) mass is 924 g/mol. The SMILES string of the molecule is Cc1ccc(S(=O)(=O)N2Cc3ccc([N+](=O)[O-])cc3-c3nnc(o3)-c3cc([N+](=O)[O-])ccc3CN(S(=O)(=O)c3ccc(C)cc3)c3cc(ccc3C)-c3nnc(o3)-c3ccc(C)c2c3)cc1. The Morgan fingerprint density at radius 1 is 0.485 bits per heavy atom. The molecule has 66 heavy (non-hydrogen) atoms. The van der Waals surface area contributed by atoms with Gasteiger partial charge in [0.15, 0.2) is 0 Å². The molecule has 8 bridgehead atoms. The third kappa shape index (κ3) is 7.91. The average Bonchev–Trinajstić information content (AvgIpc) is 4.00. The summed E-state index contributed by atoms with van der Waals surface area (Å²) in [6.07, 6.45) is 0. The van der Waals surface area contributed by atoms with E-state index in [9.17, 15) is 37.1 Å². The third-order valence-corrected chi connectivity index (χ3v) is 14.8. The standard InChI is InChI=1S/C46H36N8O10S2/c1-27-5-17-37(18-6-27)65(59,60)51-25-33-13-15-35(53(55)56)23-39(33)45-49-50-46(64-45)40-24-36(54(57)58)16-14-34(40)26-52(66(61,62)38-19-7-28(2)8-20-38)42-22-32(12-10-30(42)4)44-48-47-43(63-44)31-11-9-29(3)41(51)21-31/h5-24H,25-26H2,1-4H3. The Bertz CT molecular complexity index is 3260. The minimum atomic E-state index is -4.40. The zero-order valence-electron chi connectivity index (χ0n) is 35.4. The Kier molecular flexibility index (Phi) is 10.8. The van der Waals surface area contributed by atoms with Gasteiger partial charge in [0.25, 0.3) is 31.4 Å². The van der Waals surface area contributed by atoms with Crippen molar-refractivity contribution in [2.75, 3.05) is 8.61 Å². The molecule has 0 aliphatic carbocycles. The number of aryl methyl sites for hydroxylation is 4. The van der Waals surface area contributed by atoms with Crippen LogP contribution in [0, 0.1) is 47.9 Å². The number of nitro groups is 2. The minimum Gasteiger partial charge on any atom is -0.416 e. The van der Waals surface area contributed by atoms with Crippen LogP contribution in [-0.4, -0.2) is 47.1 Å². The summed E-state index contributed by atoms with van der Waals surface area (Å²) >= 11 is 0. The molecule has 1 aliphatic heterocycles. The molecule has 1 aliphatic rings. The van der Waals surface area contributed by atoms with E-state index in [1.165, 1.54) is 60.7 Å². The second-order valence-electron chi connectivity index (χ2n) is 15.7. The molecule has 9 rings (SSSR count). The first-order chi connectivity index (χ1) is 31.5. The Hall–Kier alpha value is -8.10. The van der Waals surface area contributed by atoms with Crippen molar-refractivity contribution in [3.8, 4) is 45.8 Å². The molecule has 0 unspecified atom stereocenters. The molecule has 18 nitrogen and oxygen atoms in total.